The molecule has 1 saturated heterocycles. The average molecular weight is 224 g/mol. The van der Waals surface area contributed by atoms with Crippen LogP contribution in [0, 0.1) is 0 Å². The fourth-order valence-corrected chi connectivity index (χ4v) is 2.49. The van der Waals surface area contributed by atoms with Gasteiger partial charge in [0.1, 0.15) is 5.75 Å². The van der Waals surface area contributed by atoms with Crippen LogP contribution in [0.1, 0.15) is 23.7 Å². The van der Waals surface area contributed by atoms with Crippen molar-refractivity contribution in [2.75, 3.05) is 13.2 Å². The molecule has 0 aromatic heterocycles. The molecule has 1 N–H and O–H groups in total. The molecule has 0 amide bonds. The second kappa shape index (κ2) is 3.43. The lowest BCUT2D eigenvalue weighted by molar-refractivity contribution is -0.210. The molecule has 4 heteroatoms. The van der Waals surface area contributed by atoms with E-state index >= 15 is 0 Å². The van der Waals surface area contributed by atoms with Crippen LogP contribution in [-0.4, -0.2) is 24.1 Å². The number of fused-ring (bicyclic) bond motifs is 1. The number of aromatic hydroxyl groups is 1. The number of aryl methyl sites for hydroxylation is 1. The Kier molecular flexibility index (Phi) is 2.16. The van der Waals surface area contributed by atoms with Gasteiger partial charge in [0.15, 0.2) is 6.17 Å². The van der Waals surface area contributed by atoms with Crippen molar-refractivity contribution in [3.8, 4) is 5.75 Å². The summed E-state index contributed by atoms with van der Waals surface area (Å²) in [5, 5.41) is 9.35. The average Bonchev–Trinajstić information content (AvgIpc) is 2.74. The van der Waals surface area contributed by atoms with Crippen LogP contribution in [0.25, 0.3) is 0 Å². The van der Waals surface area contributed by atoms with Crippen LogP contribution >= 0.6 is 0 Å². The van der Waals surface area contributed by atoms with Gasteiger partial charge < -0.3 is 14.6 Å². The first kappa shape index (κ1) is 10.1. The Bertz CT molecular complexity index is 413. The third-order valence-electron chi connectivity index (χ3n) is 3.30. The molecule has 0 radical (unpaired) electrons. The predicted molar refractivity (Wildman–Crippen MR) is 54.9 cm³/mol. The fourth-order valence-electron chi connectivity index (χ4n) is 2.49. The first-order valence-electron chi connectivity index (χ1n) is 5.45. The maximum atomic E-state index is 14.3. The minimum Gasteiger partial charge on any atom is -0.508 e. The molecule has 1 aliphatic heterocycles. The SMILES string of the molecule is Oc1ccc2c(c1)CCC1(OCCO1)C2F. The second-order valence-electron chi connectivity index (χ2n) is 4.25. The summed E-state index contributed by atoms with van der Waals surface area (Å²) in [5.74, 6) is -0.903. The Morgan fingerprint density at radius 2 is 2.06 bits per heavy atom. The molecule has 1 fully saturated rings. The molecule has 1 unspecified atom stereocenters. The number of ether oxygens (including phenoxy) is 2. The van der Waals surface area contributed by atoms with Gasteiger partial charge in [0.2, 0.25) is 5.79 Å². The Morgan fingerprint density at radius 3 is 2.81 bits per heavy atom. The molecule has 86 valence electrons. The molecule has 3 rings (SSSR count). The molecule has 3 nitrogen and oxygen atoms in total. The molecule has 1 aromatic carbocycles. The summed E-state index contributed by atoms with van der Waals surface area (Å²) in [6, 6.07) is 4.73. The number of rotatable bonds is 0. The molecule has 1 aliphatic carbocycles. The van der Waals surface area contributed by atoms with Crippen molar-refractivity contribution in [3.63, 3.8) is 0 Å². The van der Waals surface area contributed by atoms with E-state index in [1.165, 1.54) is 6.07 Å². The van der Waals surface area contributed by atoms with Crippen LogP contribution < -0.4 is 0 Å². The van der Waals surface area contributed by atoms with E-state index in [1.807, 2.05) is 0 Å². The zero-order valence-corrected chi connectivity index (χ0v) is 8.78. The molecule has 0 bridgehead atoms. The Labute approximate surface area is 92.8 Å². The van der Waals surface area contributed by atoms with Crippen LogP contribution in [0.5, 0.6) is 5.75 Å². The molecular weight excluding hydrogens is 211 g/mol. The Hall–Kier alpha value is -1.13. The minimum atomic E-state index is -1.26. The molecule has 1 aromatic rings. The van der Waals surface area contributed by atoms with E-state index in [1.54, 1.807) is 12.1 Å². The van der Waals surface area contributed by atoms with Crippen LogP contribution in [0.15, 0.2) is 18.2 Å². The number of halogens is 1. The third-order valence-corrected chi connectivity index (χ3v) is 3.30. The van der Waals surface area contributed by atoms with Gasteiger partial charge in [-0.15, -0.1) is 0 Å². The van der Waals surface area contributed by atoms with Gasteiger partial charge in [0, 0.05) is 6.42 Å². The lowest BCUT2D eigenvalue weighted by atomic mass is 9.85. The van der Waals surface area contributed by atoms with Crippen molar-refractivity contribution in [1.29, 1.82) is 0 Å². The van der Waals surface area contributed by atoms with Gasteiger partial charge in [-0.25, -0.2) is 4.39 Å². The smallest absolute Gasteiger partial charge is 0.204 e. The van der Waals surface area contributed by atoms with E-state index in [-0.39, 0.29) is 5.75 Å². The molecule has 1 heterocycles. The zero-order valence-electron chi connectivity index (χ0n) is 8.78. The second-order valence-corrected chi connectivity index (χ2v) is 4.25. The van der Waals surface area contributed by atoms with Gasteiger partial charge in [0.25, 0.3) is 0 Å². The van der Waals surface area contributed by atoms with Crippen LogP contribution in [0.4, 0.5) is 4.39 Å². The molecule has 16 heavy (non-hydrogen) atoms. The van der Waals surface area contributed by atoms with Gasteiger partial charge in [0.05, 0.1) is 13.2 Å². The highest BCUT2D eigenvalue weighted by molar-refractivity contribution is 5.39. The number of benzene rings is 1. The van der Waals surface area contributed by atoms with Crippen molar-refractivity contribution in [2.24, 2.45) is 0 Å². The van der Waals surface area contributed by atoms with Crippen LogP contribution in [-0.2, 0) is 15.9 Å². The first-order valence-corrected chi connectivity index (χ1v) is 5.45. The van der Waals surface area contributed by atoms with Crippen molar-refractivity contribution in [2.45, 2.75) is 24.8 Å². The predicted octanol–water partition coefficient (Wildman–Crippen LogP) is 2.09. The molecule has 1 spiro atoms. The lowest BCUT2D eigenvalue weighted by Gasteiger charge is -2.35. The van der Waals surface area contributed by atoms with Gasteiger partial charge >= 0.3 is 0 Å². The first-order chi connectivity index (χ1) is 7.71. The van der Waals surface area contributed by atoms with Gasteiger partial charge in [-0.05, 0) is 29.7 Å². The Balaban J connectivity index is 2.01. The van der Waals surface area contributed by atoms with E-state index in [0.717, 1.165) is 5.56 Å². The summed E-state index contributed by atoms with van der Waals surface area (Å²) in [6.07, 6.45) is -0.0891. The third kappa shape index (κ3) is 1.33. The number of phenolic OH excluding ortho intramolecular Hbond substituents is 1. The summed E-state index contributed by atoms with van der Waals surface area (Å²) in [7, 11) is 0. The maximum Gasteiger partial charge on any atom is 0.204 e. The van der Waals surface area contributed by atoms with Crippen molar-refractivity contribution < 1.29 is 19.0 Å². The van der Waals surface area contributed by atoms with Crippen molar-refractivity contribution in [1.82, 2.24) is 0 Å². The molecular formula is C12H13FO3. The van der Waals surface area contributed by atoms with Crippen molar-refractivity contribution >= 4 is 0 Å². The highest BCUT2D eigenvalue weighted by atomic mass is 19.1. The molecule has 1 atom stereocenters. The highest BCUT2D eigenvalue weighted by Crippen LogP contribution is 2.45. The summed E-state index contributed by atoms with van der Waals surface area (Å²) in [4.78, 5) is 0. The summed E-state index contributed by atoms with van der Waals surface area (Å²) >= 11 is 0. The summed E-state index contributed by atoms with van der Waals surface area (Å²) < 4.78 is 25.2. The van der Waals surface area contributed by atoms with E-state index in [4.69, 9.17) is 9.47 Å². The number of hydrogen-bond acceptors (Lipinski definition) is 3. The van der Waals surface area contributed by atoms with E-state index in [9.17, 15) is 9.50 Å². The van der Waals surface area contributed by atoms with Crippen LogP contribution in [0.3, 0.4) is 0 Å². The quantitative estimate of drug-likeness (QED) is 0.733. The minimum absolute atomic E-state index is 0.176. The largest absolute Gasteiger partial charge is 0.508 e. The van der Waals surface area contributed by atoms with Gasteiger partial charge in [-0.1, -0.05) is 6.07 Å². The highest BCUT2D eigenvalue weighted by Gasteiger charge is 2.48. The maximum absolute atomic E-state index is 14.3. The molecule has 0 saturated carbocycles. The fraction of sp³-hybridized carbons (Fsp3) is 0.500. The summed E-state index contributed by atoms with van der Waals surface area (Å²) in [5.41, 5.74) is 1.42. The van der Waals surface area contributed by atoms with Gasteiger partial charge in [-0.3, -0.25) is 0 Å². The standard InChI is InChI=1S/C12H13FO3/c13-11-10-2-1-9(14)7-8(10)3-4-12(11)15-5-6-16-12/h1-2,7,11,14H,3-6H2. The number of phenols is 1. The van der Waals surface area contributed by atoms with E-state index in [0.29, 0.717) is 31.6 Å². The van der Waals surface area contributed by atoms with Crippen molar-refractivity contribution in [3.05, 3.63) is 29.3 Å². The lowest BCUT2D eigenvalue weighted by Crippen LogP contribution is -2.39. The van der Waals surface area contributed by atoms with Crippen LogP contribution in [0.2, 0.25) is 0 Å². The number of alkyl halides is 1. The normalized spacial score (nSPS) is 26.9. The van der Waals surface area contributed by atoms with Gasteiger partial charge in [-0.2, -0.15) is 0 Å². The number of hydrogen-bond donors (Lipinski definition) is 1. The van der Waals surface area contributed by atoms with E-state index < -0.39 is 12.0 Å². The topological polar surface area (TPSA) is 38.7 Å². The molecule has 2 aliphatic rings. The zero-order chi connectivity index (χ0) is 11.2. The Morgan fingerprint density at radius 1 is 1.31 bits per heavy atom. The monoisotopic (exact) mass is 224 g/mol. The summed E-state index contributed by atoms with van der Waals surface area (Å²) in [6.45, 7) is 0.904. The van der Waals surface area contributed by atoms with E-state index in [2.05, 4.69) is 0 Å².